The number of allylic oxidation sites excluding steroid dienone is 2. The fourth-order valence-electron chi connectivity index (χ4n) is 7.90. The summed E-state index contributed by atoms with van der Waals surface area (Å²) >= 11 is 0. The summed E-state index contributed by atoms with van der Waals surface area (Å²) in [6.07, 6.45) is 8.52. The van der Waals surface area contributed by atoms with Crippen LogP contribution in [-0.4, -0.2) is 59.0 Å². The molecule has 1 unspecified atom stereocenters. The lowest BCUT2D eigenvalue weighted by molar-refractivity contribution is -0.258. The second kappa shape index (κ2) is 16.4. The minimum atomic E-state index is -1.23. The molecule has 2 fully saturated rings. The highest BCUT2D eigenvalue weighted by atomic mass is 16.8. The number of hydrogen-bond donors (Lipinski definition) is 2. The maximum absolute atomic E-state index is 13.5. The molecule has 3 aliphatic rings. The predicted octanol–water partition coefficient (Wildman–Crippen LogP) is 6.46. The van der Waals surface area contributed by atoms with Crippen molar-refractivity contribution in [2.45, 2.75) is 149 Å². The third kappa shape index (κ3) is 8.66. The van der Waals surface area contributed by atoms with Gasteiger partial charge in [0.25, 0.3) is 0 Å². The Labute approximate surface area is 269 Å². The summed E-state index contributed by atoms with van der Waals surface area (Å²) in [5.41, 5.74) is -0.348. The van der Waals surface area contributed by atoms with E-state index in [4.69, 9.17) is 18.9 Å². The Morgan fingerprint density at radius 3 is 2.33 bits per heavy atom. The van der Waals surface area contributed by atoms with Crippen LogP contribution < -0.4 is 0 Å². The van der Waals surface area contributed by atoms with Crippen molar-refractivity contribution in [1.82, 2.24) is 0 Å². The normalized spacial score (nSPS) is 32.8. The van der Waals surface area contributed by atoms with Crippen molar-refractivity contribution in [2.24, 2.45) is 22.7 Å². The first-order valence-corrected chi connectivity index (χ1v) is 16.9. The van der Waals surface area contributed by atoms with Gasteiger partial charge in [-0.15, -0.1) is 0 Å². The fraction of sp³-hybridized carbons (Fsp3) is 0.750. The third-order valence-corrected chi connectivity index (χ3v) is 10.5. The number of esters is 3. The molecule has 0 aromatic carbocycles. The van der Waals surface area contributed by atoms with E-state index >= 15 is 0 Å². The molecule has 45 heavy (non-hydrogen) atoms. The predicted molar refractivity (Wildman–Crippen MR) is 170 cm³/mol. The van der Waals surface area contributed by atoms with E-state index in [0.29, 0.717) is 37.7 Å². The van der Waals surface area contributed by atoms with Crippen LogP contribution in [0.1, 0.15) is 118 Å². The van der Waals surface area contributed by atoms with Crippen LogP contribution in [0.25, 0.3) is 0 Å². The van der Waals surface area contributed by atoms with Gasteiger partial charge in [0, 0.05) is 19.4 Å². The molecule has 254 valence electrons. The zero-order valence-electron chi connectivity index (χ0n) is 28.1. The second-order valence-electron chi connectivity index (χ2n) is 13.7. The number of rotatable bonds is 17. The van der Waals surface area contributed by atoms with Crippen molar-refractivity contribution in [2.75, 3.05) is 0 Å². The quantitative estimate of drug-likeness (QED) is 0.0610. The molecule has 0 aromatic heterocycles. The lowest BCUT2D eigenvalue weighted by Crippen LogP contribution is -2.63. The molecule has 1 saturated heterocycles. The summed E-state index contributed by atoms with van der Waals surface area (Å²) in [5, 5.41) is 21.9. The van der Waals surface area contributed by atoms with Crippen molar-refractivity contribution in [3.8, 4) is 0 Å². The van der Waals surface area contributed by atoms with Crippen molar-refractivity contribution < 1.29 is 43.5 Å². The molecule has 0 amide bonds. The molecular formula is C36H56O9. The van der Waals surface area contributed by atoms with Crippen LogP contribution in [-0.2, 0) is 33.3 Å². The summed E-state index contributed by atoms with van der Waals surface area (Å²) in [4.78, 5) is 38.1. The first-order valence-electron chi connectivity index (χ1n) is 16.9. The Balaban J connectivity index is 1.93. The second-order valence-corrected chi connectivity index (χ2v) is 13.7. The third-order valence-electron chi connectivity index (χ3n) is 10.5. The zero-order valence-corrected chi connectivity index (χ0v) is 28.1. The van der Waals surface area contributed by atoms with Gasteiger partial charge in [0.1, 0.15) is 11.5 Å². The molecule has 3 rings (SSSR count). The van der Waals surface area contributed by atoms with E-state index in [1.54, 1.807) is 12.2 Å². The number of ether oxygens (including phenoxy) is 4. The van der Waals surface area contributed by atoms with Gasteiger partial charge < -0.3 is 24.4 Å². The maximum atomic E-state index is 13.5. The van der Waals surface area contributed by atoms with Crippen LogP contribution in [0, 0.1) is 22.7 Å². The summed E-state index contributed by atoms with van der Waals surface area (Å²) in [5.74, 6) is -2.13. The largest absolute Gasteiger partial charge is 0.461 e. The van der Waals surface area contributed by atoms with Crippen molar-refractivity contribution in [1.29, 1.82) is 0 Å². The molecule has 9 atom stereocenters. The molecule has 1 saturated carbocycles. The molecule has 2 aliphatic carbocycles. The smallest absolute Gasteiger partial charge is 0.308 e. The Bertz CT molecular complexity index is 1100. The van der Waals surface area contributed by atoms with E-state index in [1.165, 1.54) is 39.5 Å². The van der Waals surface area contributed by atoms with E-state index in [0.717, 1.165) is 24.8 Å². The van der Waals surface area contributed by atoms with Crippen molar-refractivity contribution >= 4 is 17.9 Å². The van der Waals surface area contributed by atoms with Gasteiger partial charge in [0.2, 0.25) is 12.6 Å². The highest BCUT2D eigenvalue weighted by molar-refractivity contribution is 5.71. The van der Waals surface area contributed by atoms with Crippen molar-refractivity contribution in [3.63, 3.8) is 0 Å². The van der Waals surface area contributed by atoms with Crippen LogP contribution in [0.15, 0.2) is 36.5 Å². The van der Waals surface area contributed by atoms with Crippen LogP contribution in [0.5, 0.6) is 0 Å². The van der Waals surface area contributed by atoms with Crippen LogP contribution in [0.3, 0.4) is 0 Å². The van der Waals surface area contributed by atoms with Gasteiger partial charge in [0.15, 0.2) is 0 Å². The van der Waals surface area contributed by atoms with Gasteiger partial charge in [0.05, 0.1) is 18.6 Å². The Morgan fingerprint density at radius 2 is 1.71 bits per heavy atom. The molecule has 0 bridgehead atoms. The average Bonchev–Trinajstić information content (AvgIpc) is 3.25. The summed E-state index contributed by atoms with van der Waals surface area (Å²) in [7, 11) is 0. The molecule has 2 N–H and O–H groups in total. The highest BCUT2D eigenvalue weighted by Crippen LogP contribution is 2.67. The Hall–Kier alpha value is -2.49. The van der Waals surface area contributed by atoms with E-state index in [-0.39, 0.29) is 18.3 Å². The first-order chi connectivity index (χ1) is 21.3. The molecule has 0 aromatic rings. The highest BCUT2D eigenvalue weighted by Gasteiger charge is 2.72. The summed E-state index contributed by atoms with van der Waals surface area (Å²) < 4.78 is 23.8. The maximum Gasteiger partial charge on any atom is 0.308 e. The van der Waals surface area contributed by atoms with Gasteiger partial charge in [-0.05, 0) is 55.4 Å². The molecule has 0 radical (unpaired) electrons. The number of carbonyl (C=O) groups is 3. The minimum Gasteiger partial charge on any atom is -0.461 e. The minimum absolute atomic E-state index is 0.0125. The molecule has 9 nitrogen and oxygen atoms in total. The number of hydrogen-bond acceptors (Lipinski definition) is 9. The van der Waals surface area contributed by atoms with Gasteiger partial charge in [-0.2, -0.15) is 0 Å². The molecule has 9 heteroatoms. The Kier molecular flexibility index (Phi) is 13.4. The lowest BCUT2D eigenvalue weighted by Gasteiger charge is -2.60. The standard InChI is InChI=1S/C36H56O9/c1-8-10-11-12-13-14-15-16-27(39)22-32(41)44-31-19-24(4)35(7,18-17-23(3)9-2)30-21-28(40)20-29-33(42-25(5)37)45-34(36(29,30)31)43-26(6)38/h9,20,24,27-28,30-31,33-34,39-40H,2-3,8,10-19,21-22H2,1,4-7H3/t24-,27?,28+,30+,31+,33+,34-,35-,36-/m1/s1. The molecule has 1 aliphatic heterocycles. The number of unbranched alkanes of at least 4 members (excludes halogenated alkanes) is 6. The zero-order chi connectivity index (χ0) is 33.4. The van der Waals surface area contributed by atoms with E-state index in [2.05, 4.69) is 33.9 Å². The fourth-order valence-corrected chi connectivity index (χ4v) is 7.90. The van der Waals surface area contributed by atoms with E-state index in [1.807, 2.05) is 0 Å². The Morgan fingerprint density at radius 1 is 1.07 bits per heavy atom. The summed E-state index contributed by atoms with van der Waals surface area (Å²) in [6.45, 7) is 16.9. The molecular weight excluding hydrogens is 576 g/mol. The van der Waals surface area contributed by atoms with Gasteiger partial charge in [-0.3, -0.25) is 19.1 Å². The van der Waals surface area contributed by atoms with Crippen LogP contribution >= 0.6 is 0 Å². The average molecular weight is 633 g/mol. The number of carbonyl (C=O) groups excluding carboxylic acids is 3. The van der Waals surface area contributed by atoms with E-state index < -0.39 is 59.6 Å². The number of aliphatic hydroxyl groups is 2. The van der Waals surface area contributed by atoms with E-state index in [9.17, 15) is 24.6 Å². The first kappa shape index (κ1) is 37.0. The van der Waals surface area contributed by atoms with Crippen molar-refractivity contribution in [3.05, 3.63) is 36.5 Å². The number of aliphatic hydroxyl groups excluding tert-OH is 2. The van der Waals surface area contributed by atoms with Gasteiger partial charge >= 0.3 is 17.9 Å². The summed E-state index contributed by atoms with van der Waals surface area (Å²) in [6, 6.07) is 0. The monoisotopic (exact) mass is 632 g/mol. The van der Waals surface area contributed by atoms with Gasteiger partial charge in [-0.1, -0.05) is 90.5 Å². The van der Waals surface area contributed by atoms with Crippen LogP contribution in [0.4, 0.5) is 0 Å². The van der Waals surface area contributed by atoms with Crippen LogP contribution in [0.2, 0.25) is 0 Å². The lowest BCUT2D eigenvalue weighted by atomic mass is 9.45. The molecule has 1 heterocycles. The SMILES string of the molecule is C=CC(=C)CC[C@]1(C)[C@H](C)C[C@H](OC(=O)CC(O)CCCCCCCCC)[C@@]23C(=C[C@H](O)C[C@@H]12)[C@@H](OC(C)=O)O[C@H]3OC(C)=O. The van der Waals surface area contributed by atoms with Gasteiger partial charge in [-0.25, -0.2) is 0 Å². The molecule has 1 spiro atoms. The topological polar surface area (TPSA) is 129 Å².